The van der Waals surface area contributed by atoms with Crippen molar-refractivity contribution >= 4 is 31.9 Å². The molecule has 98 valence electrons. The Morgan fingerprint density at radius 1 is 1.00 bits per heavy atom. The molecule has 2 aromatic rings. The molecule has 0 saturated heterocycles. The first-order valence-electron chi connectivity index (χ1n) is 6.54. The Morgan fingerprint density at radius 2 is 1.90 bits per heavy atom. The van der Waals surface area contributed by atoms with E-state index in [-0.39, 0.29) is 0 Å². The summed E-state index contributed by atoms with van der Waals surface area (Å²) < 4.78 is 2.25. The lowest BCUT2D eigenvalue weighted by Gasteiger charge is -2.33. The van der Waals surface area contributed by atoms with Gasteiger partial charge in [-0.3, -0.25) is 4.98 Å². The van der Waals surface area contributed by atoms with Gasteiger partial charge in [-0.25, -0.2) is 0 Å². The number of fused-ring (bicyclic) bond motifs is 6. The largest absolute Gasteiger partial charge is 0.260 e. The van der Waals surface area contributed by atoms with Crippen LogP contribution in [0.5, 0.6) is 0 Å². The summed E-state index contributed by atoms with van der Waals surface area (Å²) in [6.45, 7) is 0. The number of pyridine rings is 1. The molecule has 20 heavy (non-hydrogen) atoms. The van der Waals surface area contributed by atoms with Gasteiger partial charge in [0.2, 0.25) is 0 Å². The molecule has 0 radical (unpaired) electrons. The van der Waals surface area contributed by atoms with Crippen molar-refractivity contribution in [3.05, 3.63) is 75.0 Å². The number of nitrogens with zero attached hydrogens (tertiary/aromatic N) is 1. The van der Waals surface area contributed by atoms with Crippen LogP contribution in [0.25, 0.3) is 11.1 Å². The van der Waals surface area contributed by atoms with E-state index in [4.69, 9.17) is 0 Å². The standard InChI is InChI=1S/C17H11Br2N/c18-10-3-5-12-13-6-4-11(19)9-16(13)17-14(15(12)8-10)2-1-7-20-17/h1-9,13,16H. The van der Waals surface area contributed by atoms with Crippen molar-refractivity contribution in [1.29, 1.82) is 0 Å². The van der Waals surface area contributed by atoms with Crippen LogP contribution in [0.3, 0.4) is 0 Å². The lowest BCUT2D eigenvalue weighted by molar-refractivity contribution is 0.696. The average Bonchev–Trinajstić information content (AvgIpc) is 2.47. The van der Waals surface area contributed by atoms with Crippen LogP contribution in [-0.4, -0.2) is 4.98 Å². The SMILES string of the molecule is BrC1=CC2c3ncccc3-c3cc(Br)ccc3C2C=C1. The predicted molar refractivity (Wildman–Crippen MR) is 89.0 cm³/mol. The van der Waals surface area contributed by atoms with E-state index < -0.39 is 0 Å². The second-order valence-corrected chi connectivity index (χ2v) is 6.96. The van der Waals surface area contributed by atoms with E-state index in [0.717, 1.165) is 8.96 Å². The van der Waals surface area contributed by atoms with Gasteiger partial charge in [-0.2, -0.15) is 0 Å². The van der Waals surface area contributed by atoms with Crippen LogP contribution >= 0.6 is 31.9 Å². The zero-order chi connectivity index (χ0) is 13.7. The van der Waals surface area contributed by atoms with Gasteiger partial charge in [0.1, 0.15) is 0 Å². The summed E-state index contributed by atoms with van der Waals surface area (Å²) in [5, 5.41) is 0. The summed E-state index contributed by atoms with van der Waals surface area (Å²) in [4.78, 5) is 4.65. The lowest BCUT2D eigenvalue weighted by Crippen LogP contribution is -2.18. The molecule has 0 fully saturated rings. The molecule has 0 saturated carbocycles. The second kappa shape index (κ2) is 4.68. The Labute approximate surface area is 134 Å². The van der Waals surface area contributed by atoms with Crippen LogP contribution in [0.4, 0.5) is 0 Å². The van der Waals surface area contributed by atoms with Gasteiger partial charge in [0.05, 0.1) is 5.69 Å². The Balaban J connectivity index is 2.03. The number of aromatic nitrogens is 1. The third-order valence-corrected chi connectivity index (χ3v) is 5.03. The molecular weight excluding hydrogens is 378 g/mol. The molecule has 2 aliphatic rings. The highest BCUT2D eigenvalue weighted by Gasteiger charge is 2.33. The summed E-state index contributed by atoms with van der Waals surface area (Å²) in [6, 6.07) is 10.7. The van der Waals surface area contributed by atoms with Gasteiger partial charge in [-0.1, -0.05) is 62.2 Å². The molecule has 2 aliphatic carbocycles. The Morgan fingerprint density at radius 3 is 2.80 bits per heavy atom. The van der Waals surface area contributed by atoms with Gasteiger partial charge in [-0.05, 0) is 29.3 Å². The quantitative estimate of drug-likeness (QED) is 0.577. The van der Waals surface area contributed by atoms with Gasteiger partial charge >= 0.3 is 0 Å². The normalized spacial score (nSPS) is 22.6. The summed E-state index contributed by atoms with van der Waals surface area (Å²) in [7, 11) is 0. The Hall–Kier alpha value is -1.19. The van der Waals surface area contributed by atoms with Crippen molar-refractivity contribution in [2.45, 2.75) is 11.8 Å². The molecule has 0 spiro atoms. The molecule has 2 atom stereocenters. The third-order valence-electron chi connectivity index (χ3n) is 4.01. The first-order valence-corrected chi connectivity index (χ1v) is 8.13. The van der Waals surface area contributed by atoms with Crippen molar-refractivity contribution < 1.29 is 0 Å². The minimum Gasteiger partial charge on any atom is -0.260 e. The van der Waals surface area contributed by atoms with Gasteiger partial charge in [0.25, 0.3) is 0 Å². The highest BCUT2D eigenvalue weighted by Crippen LogP contribution is 2.50. The summed E-state index contributed by atoms with van der Waals surface area (Å²) in [5.41, 5.74) is 5.09. The molecule has 3 heteroatoms. The van der Waals surface area contributed by atoms with Crippen molar-refractivity contribution in [2.24, 2.45) is 0 Å². The summed E-state index contributed by atoms with van der Waals surface area (Å²) in [6.07, 6.45) is 8.57. The zero-order valence-corrected chi connectivity index (χ0v) is 13.7. The van der Waals surface area contributed by atoms with Crippen molar-refractivity contribution in [3.63, 3.8) is 0 Å². The maximum atomic E-state index is 4.65. The lowest BCUT2D eigenvalue weighted by atomic mass is 9.72. The highest BCUT2D eigenvalue weighted by atomic mass is 79.9. The monoisotopic (exact) mass is 387 g/mol. The molecule has 0 bridgehead atoms. The first-order chi connectivity index (χ1) is 9.74. The second-order valence-electron chi connectivity index (χ2n) is 5.13. The van der Waals surface area contributed by atoms with Crippen LogP contribution in [0.2, 0.25) is 0 Å². The summed E-state index contributed by atoms with van der Waals surface area (Å²) >= 11 is 7.17. The number of hydrogen-bond acceptors (Lipinski definition) is 1. The number of hydrogen-bond donors (Lipinski definition) is 0. The van der Waals surface area contributed by atoms with Gasteiger partial charge < -0.3 is 0 Å². The minimum absolute atomic E-state index is 0.319. The van der Waals surface area contributed by atoms with Gasteiger partial charge in [0.15, 0.2) is 0 Å². The molecule has 1 nitrogen and oxygen atoms in total. The smallest absolute Gasteiger partial charge is 0.0560 e. The van der Waals surface area contributed by atoms with Crippen molar-refractivity contribution in [1.82, 2.24) is 4.98 Å². The fourth-order valence-electron chi connectivity index (χ4n) is 3.16. The molecular formula is C17H11Br2N. The first kappa shape index (κ1) is 12.5. The topological polar surface area (TPSA) is 12.9 Å². The van der Waals surface area contributed by atoms with Gasteiger partial charge in [-0.15, -0.1) is 0 Å². The van der Waals surface area contributed by atoms with E-state index in [1.54, 1.807) is 0 Å². The molecule has 1 heterocycles. The highest BCUT2D eigenvalue weighted by molar-refractivity contribution is 9.12. The van der Waals surface area contributed by atoms with E-state index in [2.05, 4.69) is 79.3 Å². The van der Waals surface area contributed by atoms with Crippen LogP contribution < -0.4 is 0 Å². The third kappa shape index (κ3) is 1.84. The van der Waals surface area contributed by atoms with Gasteiger partial charge in [0, 0.05) is 32.6 Å². The fraction of sp³-hybridized carbons (Fsp3) is 0.118. The average molecular weight is 389 g/mol. The van der Waals surface area contributed by atoms with E-state index in [9.17, 15) is 0 Å². The zero-order valence-electron chi connectivity index (χ0n) is 10.6. The van der Waals surface area contributed by atoms with Crippen molar-refractivity contribution in [2.75, 3.05) is 0 Å². The van der Waals surface area contributed by atoms with E-state index in [1.165, 1.54) is 22.4 Å². The number of halogens is 2. The van der Waals surface area contributed by atoms with E-state index >= 15 is 0 Å². The van der Waals surface area contributed by atoms with E-state index in [0.29, 0.717) is 11.8 Å². The number of rotatable bonds is 0. The maximum Gasteiger partial charge on any atom is 0.0560 e. The summed E-state index contributed by atoms with van der Waals surface area (Å²) in [5.74, 6) is 0.695. The molecule has 0 N–H and O–H groups in total. The molecule has 4 rings (SSSR count). The van der Waals surface area contributed by atoms with Crippen molar-refractivity contribution in [3.8, 4) is 11.1 Å². The molecule has 2 unspecified atom stereocenters. The fourth-order valence-corrected chi connectivity index (χ4v) is 3.95. The van der Waals surface area contributed by atoms with E-state index in [1.807, 2.05) is 12.3 Å². The Bertz CT molecular complexity index is 761. The predicted octanol–water partition coefficient (Wildman–Crippen LogP) is 5.54. The van der Waals surface area contributed by atoms with Crippen LogP contribution in [0, 0.1) is 0 Å². The molecule has 1 aromatic heterocycles. The Kier molecular flexibility index (Phi) is 2.93. The van der Waals surface area contributed by atoms with Crippen LogP contribution in [0.1, 0.15) is 23.1 Å². The molecule has 0 aliphatic heterocycles. The van der Waals surface area contributed by atoms with Crippen LogP contribution in [-0.2, 0) is 0 Å². The number of benzene rings is 1. The minimum atomic E-state index is 0.319. The maximum absolute atomic E-state index is 4.65. The van der Waals surface area contributed by atoms with Crippen LogP contribution in [0.15, 0.2) is 63.7 Å². The molecule has 0 amide bonds. The molecule has 1 aromatic carbocycles. The number of allylic oxidation sites excluding steroid dienone is 4.